The molecule has 0 atom stereocenters. The molecule has 2 heterocycles. The lowest BCUT2D eigenvalue weighted by Gasteiger charge is -1.96. The second kappa shape index (κ2) is 5.33. The number of thioether (sulfide) groups is 1. The van der Waals surface area contributed by atoms with E-state index in [0.717, 1.165) is 26.0 Å². The number of nitrogen functional groups attached to an aromatic ring is 1. The first kappa shape index (κ1) is 13.1. The first-order valence-corrected chi connectivity index (χ1v) is 9.22. The van der Waals surface area contributed by atoms with Crippen LogP contribution >= 0.6 is 34.4 Å². The molecule has 5 heteroatoms. The quantitative estimate of drug-likeness (QED) is 0.405. The van der Waals surface area contributed by atoms with Crippen LogP contribution in [-0.4, -0.2) is 4.98 Å². The molecule has 0 aliphatic carbocycles. The Labute approximate surface area is 134 Å². The van der Waals surface area contributed by atoms with Gasteiger partial charge in [0.15, 0.2) is 4.34 Å². The number of benzene rings is 2. The van der Waals surface area contributed by atoms with Crippen molar-refractivity contribution in [2.24, 2.45) is 0 Å². The molecule has 0 aliphatic rings. The van der Waals surface area contributed by atoms with Gasteiger partial charge in [-0.2, -0.15) is 0 Å². The minimum Gasteiger partial charge on any atom is -0.399 e. The Balaban J connectivity index is 1.60. The fourth-order valence-corrected chi connectivity index (χ4v) is 5.44. The van der Waals surface area contributed by atoms with Gasteiger partial charge in [-0.05, 0) is 40.6 Å². The molecule has 0 bridgehead atoms. The molecule has 0 saturated carbocycles. The van der Waals surface area contributed by atoms with E-state index in [-0.39, 0.29) is 0 Å². The smallest absolute Gasteiger partial charge is 0.151 e. The first-order chi connectivity index (χ1) is 10.3. The van der Waals surface area contributed by atoms with E-state index in [9.17, 15) is 0 Å². The summed E-state index contributed by atoms with van der Waals surface area (Å²) in [6, 6.07) is 14.5. The highest BCUT2D eigenvalue weighted by Gasteiger charge is 2.08. The third-order valence-corrected chi connectivity index (χ3v) is 6.53. The fraction of sp³-hybridized carbons (Fsp3) is 0.0625. The first-order valence-electron chi connectivity index (χ1n) is 6.53. The van der Waals surface area contributed by atoms with E-state index in [0.29, 0.717) is 0 Å². The summed E-state index contributed by atoms with van der Waals surface area (Å²) in [5.74, 6) is 0.958. The molecule has 0 fully saturated rings. The minimum absolute atomic E-state index is 0.798. The van der Waals surface area contributed by atoms with E-state index < -0.39 is 0 Å². The lowest BCUT2D eigenvalue weighted by Crippen LogP contribution is -1.81. The Morgan fingerprint density at radius 3 is 2.95 bits per heavy atom. The van der Waals surface area contributed by atoms with Gasteiger partial charge in [0.2, 0.25) is 0 Å². The zero-order valence-corrected chi connectivity index (χ0v) is 13.5. The van der Waals surface area contributed by atoms with Gasteiger partial charge >= 0.3 is 0 Å². The fourth-order valence-electron chi connectivity index (χ4n) is 2.27. The number of aromatic nitrogens is 1. The predicted octanol–water partition coefficient (Wildman–Crippen LogP) is 5.39. The van der Waals surface area contributed by atoms with Gasteiger partial charge in [0.25, 0.3) is 0 Å². The number of thiazole rings is 1. The van der Waals surface area contributed by atoms with E-state index in [1.807, 2.05) is 29.5 Å². The summed E-state index contributed by atoms with van der Waals surface area (Å²) >= 11 is 5.32. The summed E-state index contributed by atoms with van der Waals surface area (Å²) in [6.07, 6.45) is 0. The molecule has 4 aromatic rings. The van der Waals surface area contributed by atoms with Gasteiger partial charge in [-0.25, -0.2) is 4.98 Å². The minimum atomic E-state index is 0.798. The van der Waals surface area contributed by atoms with Gasteiger partial charge < -0.3 is 5.73 Å². The summed E-state index contributed by atoms with van der Waals surface area (Å²) in [5, 5.41) is 3.61. The highest BCUT2D eigenvalue weighted by molar-refractivity contribution is 8.00. The molecular weight excluding hydrogens is 316 g/mol. The van der Waals surface area contributed by atoms with Crippen LogP contribution in [-0.2, 0) is 5.75 Å². The molecule has 2 aromatic carbocycles. The maximum absolute atomic E-state index is 5.82. The molecule has 0 amide bonds. The van der Waals surface area contributed by atoms with E-state index in [1.165, 1.54) is 15.6 Å². The number of rotatable bonds is 3. The van der Waals surface area contributed by atoms with Gasteiger partial charge in [-0.15, -0.1) is 22.7 Å². The SMILES string of the molecule is Nc1ccc2nc(SCc3csc4ccccc34)sc2c1. The van der Waals surface area contributed by atoms with E-state index in [1.54, 1.807) is 23.1 Å². The molecule has 0 spiro atoms. The van der Waals surface area contributed by atoms with Crippen LogP contribution in [0.2, 0.25) is 0 Å². The van der Waals surface area contributed by atoms with Crippen LogP contribution in [0.25, 0.3) is 20.3 Å². The largest absolute Gasteiger partial charge is 0.399 e. The van der Waals surface area contributed by atoms with Gasteiger partial charge in [-0.1, -0.05) is 30.0 Å². The molecule has 0 unspecified atom stereocenters. The monoisotopic (exact) mass is 328 g/mol. The number of anilines is 1. The molecule has 2 aromatic heterocycles. The van der Waals surface area contributed by atoms with Crippen molar-refractivity contribution in [1.82, 2.24) is 4.98 Å². The highest BCUT2D eigenvalue weighted by Crippen LogP contribution is 2.35. The molecule has 2 nitrogen and oxygen atoms in total. The van der Waals surface area contributed by atoms with Gasteiger partial charge in [0.1, 0.15) is 0 Å². The van der Waals surface area contributed by atoms with Crippen LogP contribution < -0.4 is 5.73 Å². The van der Waals surface area contributed by atoms with Crippen molar-refractivity contribution in [3.63, 3.8) is 0 Å². The maximum atomic E-state index is 5.82. The van der Waals surface area contributed by atoms with E-state index in [2.05, 4.69) is 34.6 Å². The summed E-state index contributed by atoms with van der Waals surface area (Å²) in [5.41, 5.74) is 9.04. The Morgan fingerprint density at radius 1 is 1.10 bits per heavy atom. The summed E-state index contributed by atoms with van der Waals surface area (Å²) in [6.45, 7) is 0. The molecule has 4 rings (SSSR count). The number of fused-ring (bicyclic) bond motifs is 2. The molecule has 104 valence electrons. The maximum Gasteiger partial charge on any atom is 0.151 e. The Morgan fingerprint density at radius 2 is 2.00 bits per heavy atom. The predicted molar refractivity (Wildman–Crippen MR) is 95.4 cm³/mol. The summed E-state index contributed by atoms with van der Waals surface area (Å²) in [4.78, 5) is 4.66. The van der Waals surface area contributed by atoms with Crippen molar-refractivity contribution in [2.75, 3.05) is 5.73 Å². The average molecular weight is 328 g/mol. The van der Waals surface area contributed by atoms with Crippen molar-refractivity contribution in [3.8, 4) is 0 Å². The number of hydrogen-bond donors (Lipinski definition) is 1. The number of thiophene rings is 1. The topological polar surface area (TPSA) is 38.9 Å². The van der Waals surface area contributed by atoms with Crippen LogP contribution in [0.5, 0.6) is 0 Å². The normalized spacial score (nSPS) is 11.4. The van der Waals surface area contributed by atoms with Crippen molar-refractivity contribution >= 4 is 60.4 Å². The Hall–Kier alpha value is -1.56. The molecule has 21 heavy (non-hydrogen) atoms. The zero-order valence-electron chi connectivity index (χ0n) is 11.1. The third kappa shape index (κ3) is 2.52. The Kier molecular flexibility index (Phi) is 3.33. The number of nitrogens with zero attached hydrogens (tertiary/aromatic N) is 1. The van der Waals surface area contributed by atoms with Crippen LogP contribution in [0.1, 0.15) is 5.56 Å². The molecular formula is C16H12N2S3. The second-order valence-electron chi connectivity index (χ2n) is 4.75. The summed E-state index contributed by atoms with van der Waals surface area (Å²) in [7, 11) is 0. The average Bonchev–Trinajstić information content (AvgIpc) is 3.08. The standard InChI is InChI=1S/C16H12N2S3/c17-11-5-6-13-15(7-11)21-16(18-13)20-9-10-8-19-14-4-2-1-3-12(10)14/h1-8H,9,17H2. The highest BCUT2D eigenvalue weighted by atomic mass is 32.2. The van der Waals surface area contributed by atoms with Crippen molar-refractivity contribution in [3.05, 3.63) is 53.4 Å². The van der Waals surface area contributed by atoms with E-state index >= 15 is 0 Å². The lowest BCUT2D eigenvalue weighted by molar-refractivity contribution is 1.29. The van der Waals surface area contributed by atoms with Gasteiger partial charge in [-0.3, -0.25) is 0 Å². The Bertz CT molecular complexity index is 923. The van der Waals surface area contributed by atoms with Gasteiger partial charge in [0.05, 0.1) is 10.2 Å². The van der Waals surface area contributed by atoms with E-state index in [4.69, 9.17) is 5.73 Å². The molecule has 0 aliphatic heterocycles. The number of hydrogen-bond acceptors (Lipinski definition) is 5. The van der Waals surface area contributed by atoms with Crippen LogP contribution in [0.4, 0.5) is 5.69 Å². The molecule has 0 radical (unpaired) electrons. The zero-order chi connectivity index (χ0) is 14.2. The lowest BCUT2D eigenvalue weighted by atomic mass is 10.2. The van der Waals surface area contributed by atoms with Crippen LogP contribution in [0.3, 0.4) is 0 Å². The van der Waals surface area contributed by atoms with Crippen LogP contribution in [0, 0.1) is 0 Å². The molecule has 0 saturated heterocycles. The third-order valence-electron chi connectivity index (χ3n) is 3.31. The summed E-state index contributed by atoms with van der Waals surface area (Å²) < 4.78 is 3.61. The van der Waals surface area contributed by atoms with Gasteiger partial charge in [0, 0.05) is 16.1 Å². The van der Waals surface area contributed by atoms with Crippen molar-refractivity contribution in [1.29, 1.82) is 0 Å². The van der Waals surface area contributed by atoms with Crippen LogP contribution in [0.15, 0.2) is 52.2 Å². The molecule has 2 N–H and O–H groups in total. The number of nitrogens with two attached hydrogens (primary N) is 1. The van der Waals surface area contributed by atoms with Crippen molar-refractivity contribution < 1.29 is 0 Å². The second-order valence-corrected chi connectivity index (χ2v) is 7.92. The van der Waals surface area contributed by atoms with Crippen molar-refractivity contribution in [2.45, 2.75) is 10.1 Å².